The fraction of sp³-hybridized carbons (Fsp3) is 0.429. The second-order valence-electron chi connectivity index (χ2n) is 4.71. The van der Waals surface area contributed by atoms with Gasteiger partial charge in [0.25, 0.3) is 0 Å². The molecule has 0 atom stereocenters. The minimum absolute atomic E-state index is 0.243. The van der Waals surface area contributed by atoms with Gasteiger partial charge in [-0.25, -0.2) is 9.78 Å². The van der Waals surface area contributed by atoms with Crippen LogP contribution < -0.4 is 0 Å². The molecule has 0 heterocycles. The standard InChI is InChI=1S/C14H20O2/c1-5-12-6-8-13(9-7-12)10-11-15-16-14(2,3)4/h5-9H,1,10-11H2,2-4H3. The Labute approximate surface area is 97.8 Å². The molecule has 0 N–H and O–H groups in total. The monoisotopic (exact) mass is 220 g/mol. The zero-order chi connectivity index (χ0) is 12.0. The molecule has 16 heavy (non-hydrogen) atoms. The highest BCUT2D eigenvalue weighted by atomic mass is 17.2. The van der Waals surface area contributed by atoms with E-state index >= 15 is 0 Å². The highest BCUT2D eigenvalue weighted by Gasteiger charge is 2.10. The molecule has 2 heteroatoms. The van der Waals surface area contributed by atoms with E-state index in [4.69, 9.17) is 9.78 Å². The molecule has 0 saturated heterocycles. The molecule has 1 aromatic carbocycles. The van der Waals surface area contributed by atoms with E-state index < -0.39 is 0 Å². The van der Waals surface area contributed by atoms with Gasteiger partial charge in [-0.2, -0.15) is 0 Å². The molecule has 2 nitrogen and oxygen atoms in total. The van der Waals surface area contributed by atoms with E-state index in [-0.39, 0.29) is 5.60 Å². The molecular weight excluding hydrogens is 200 g/mol. The maximum Gasteiger partial charge on any atom is 0.0952 e. The van der Waals surface area contributed by atoms with Crippen molar-refractivity contribution < 1.29 is 9.78 Å². The van der Waals surface area contributed by atoms with Gasteiger partial charge in [0.15, 0.2) is 0 Å². The van der Waals surface area contributed by atoms with Crippen LogP contribution in [0.3, 0.4) is 0 Å². The first kappa shape index (κ1) is 12.9. The third-order valence-corrected chi connectivity index (χ3v) is 2.00. The van der Waals surface area contributed by atoms with Gasteiger partial charge in [0, 0.05) is 0 Å². The lowest BCUT2D eigenvalue weighted by molar-refractivity contribution is -0.347. The van der Waals surface area contributed by atoms with Gasteiger partial charge in [-0.3, -0.25) is 0 Å². The summed E-state index contributed by atoms with van der Waals surface area (Å²) in [6.07, 6.45) is 2.69. The molecule has 88 valence electrons. The van der Waals surface area contributed by atoms with Crippen molar-refractivity contribution in [1.29, 1.82) is 0 Å². The van der Waals surface area contributed by atoms with Gasteiger partial charge in [0.05, 0.1) is 12.2 Å². The average molecular weight is 220 g/mol. The SMILES string of the molecule is C=Cc1ccc(CCOOC(C)(C)C)cc1. The minimum Gasteiger partial charge on any atom is -0.236 e. The summed E-state index contributed by atoms with van der Waals surface area (Å²) in [5, 5.41) is 0. The molecule has 0 fully saturated rings. The smallest absolute Gasteiger partial charge is 0.0952 e. The van der Waals surface area contributed by atoms with Gasteiger partial charge in [0.2, 0.25) is 0 Å². The Morgan fingerprint density at radius 1 is 1.19 bits per heavy atom. The van der Waals surface area contributed by atoms with Gasteiger partial charge < -0.3 is 0 Å². The number of rotatable bonds is 5. The minimum atomic E-state index is -0.243. The zero-order valence-corrected chi connectivity index (χ0v) is 10.3. The van der Waals surface area contributed by atoms with Crippen LogP contribution in [0.1, 0.15) is 31.9 Å². The van der Waals surface area contributed by atoms with Crippen LogP contribution in [0.4, 0.5) is 0 Å². The van der Waals surface area contributed by atoms with Gasteiger partial charge in [-0.05, 0) is 38.3 Å². The number of hydrogen-bond donors (Lipinski definition) is 0. The van der Waals surface area contributed by atoms with Gasteiger partial charge >= 0.3 is 0 Å². The summed E-state index contributed by atoms with van der Waals surface area (Å²) in [6.45, 7) is 10.2. The van der Waals surface area contributed by atoms with E-state index in [9.17, 15) is 0 Å². The lowest BCUT2D eigenvalue weighted by Gasteiger charge is -2.17. The first-order valence-electron chi connectivity index (χ1n) is 5.53. The average Bonchev–Trinajstić information content (AvgIpc) is 2.24. The zero-order valence-electron chi connectivity index (χ0n) is 10.3. The maximum atomic E-state index is 5.18. The van der Waals surface area contributed by atoms with E-state index in [1.54, 1.807) is 0 Å². The molecule has 0 aromatic heterocycles. The van der Waals surface area contributed by atoms with Crippen molar-refractivity contribution in [2.75, 3.05) is 6.61 Å². The molecule has 0 bridgehead atoms. The fourth-order valence-corrected chi connectivity index (χ4v) is 1.20. The molecule has 0 radical (unpaired) electrons. The van der Waals surface area contributed by atoms with E-state index in [0.29, 0.717) is 6.61 Å². The molecule has 0 aliphatic rings. The van der Waals surface area contributed by atoms with E-state index in [0.717, 1.165) is 12.0 Å². The van der Waals surface area contributed by atoms with Gasteiger partial charge in [-0.15, -0.1) is 0 Å². The molecule has 0 aliphatic carbocycles. The first-order chi connectivity index (χ1) is 7.51. The highest BCUT2D eigenvalue weighted by Crippen LogP contribution is 2.09. The van der Waals surface area contributed by atoms with Gasteiger partial charge in [-0.1, -0.05) is 36.9 Å². The first-order valence-corrected chi connectivity index (χ1v) is 5.53. The largest absolute Gasteiger partial charge is 0.236 e. The van der Waals surface area contributed by atoms with Crippen molar-refractivity contribution >= 4 is 6.08 Å². The Bertz CT molecular complexity index is 320. The summed E-state index contributed by atoms with van der Waals surface area (Å²) in [5.74, 6) is 0. The lowest BCUT2D eigenvalue weighted by Crippen LogP contribution is -2.20. The Morgan fingerprint density at radius 2 is 1.81 bits per heavy atom. The normalized spacial score (nSPS) is 11.4. The van der Waals surface area contributed by atoms with E-state index in [2.05, 4.69) is 18.7 Å². The Kier molecular flexibility index (Phi) is 4.71. The van der Waals surface area contributed by atoms with E-state index in [1.807, 2.05) is 39.0 Å². The van der Waals surface area contributed by atoms with Crippen molar-refractivity contribution in [2.24, 2.45) is 0 Å². The second kappa shape index (κ2) is 5.83. The topological polar surface area (TPSA) is 18.5 Å². The third kappa shape index (κ3) is 5.10. The van der Waals surface area contributed by atoms with Crippen molar-refractivity contribution in [3.63, 3.8) is 0 Å². The molecule has 1 aromatic rings. The molecule has 0 amide bonds. The number of hydrogen-bond acceptors (Lipinski definition) is 2. The highest BCUT2D eigenvalue weighted by molar-refractivity contribution is 5.47. The summed E-state index contributed by atoms with van der Waals surface area (Å²) < 4.78 is 0. The summed E-state index contributed by atoms with van der Waals surface area (Å²) in [5.41, 5.74) is 2.13. The van der Waals surface area contributed by atoms with Crippen molar-refractivity contribution in [2.45, 2.75) is 32.8 Å². The summed E-state index contributed by atoms with van der Waals surface area (Å²) >= 11 is 0. The fourth-order valence-electron chi connectivity index (χ4n) is 1.20. The molecular formula is C14H20O2. The number of benzene rings is 1. The summed E-state index contributed by atoms with van der Waals surface area (Å²) in [7, 11) is 0. The predicted octanol–water partition coefficient (Wildman–Crippen LogP) is 3.62. The summed E-state index contributed by atoms with van der Waals surface area (Å²) in [6, 6.07) is 8.26. The van der Waals surface area contributed by atoms with Crippen molar-refractivity contribution in [3.8, 4) is 0 Å². The molecule has 0 spiro atoms. The van der Waals surface area contributed by atoms with Crippen LogP contribution in [0.25, 0.3) is 6.08 Å². The van der Waals surface area contributed by atoms with Crippen molar-refractivity contribution in [1.82, 2.24) is 0 Å². The molecule has 1 rings (SSSR count). The van der Waals surface area contributed by atoms with Crippen molar-refractivity contribution in [3.05, 3.63) is 42.0 Å². The second-order valence-corrected chi connectivity index (χ2v) is 4.71. The molecule has 0 unspecified atom stereocenters. The van der Waals surface area contributed by atoms with Crippen LogP contribution in [-0.2, 0) is 16.2 Å². The summed E-state index contributed by atoms with van der Waals surface area (Å²) in [4.78, 5) is 10.3. The van der Waals surface area contributed by atoms with Crippen LogP contribution in [-0.4, -0.2) is 12.2 Å². The van der Waals surface area contributed by atoms with E-state index in [1.165, 1.54) is 5.56 Å². The maximum absolute atomic E-state index is 5.18. The third-order valence-electron chi connectivity index (χ3n) is 2.00. The quantitative estimate of drug-likeness (QED) is 0.428. The Hall–Kier alpha value is -1.12. The van der Waals surface area contributed by atoms with Crippen LogP contribution in [0, 0.1) is 0 Å². The van der Waals surface area contributed by atoms with Gasteiger partial charge in [0.1, 0.15) is 0 Å². The van der Waals surface area contributed by atoms with Crippen LogP contribution >= 0.6 is 0 Å². The molecule has 0 aliphatic heterocycles. The molecule has 0 saturated carbocycles. The van der Waals surface area contributed by atoms with Crippen LogP contribution in [0.15, 0.2) is 30.8 Å². The van der Waals surface area contributed by atoms with Crippen LogP contribution in [0.5, 0.6) is 0 Å². The lowest BCUT2D eigenvalue weighted by atomic mass is 10.1. The van der Waals surface area contributed by atoms with Crippen LogP contribution in [0.2, 0.25) is 0 Å². The predicted molar refractivity (Wildman–Crippen MR) is 67.0 cm³/mol. The Morgan fingerprint density at radius 3 is 2.31 bits per heavy atom. The Balaban J connectivity index is 2.29.